The maximum absolute atomic E-state index is 3.50. The first-order chi connectivity index (χ1) is 7.35. The van der Waals surface area contributed by atoms with Gasteiger partial charge in [0, 0.05) is 25.4 Å². The second-order valence-electron chi connectivity index (χ2n) is 3.74. The SMILES string of the molecule is CCCCSCCNCCN(CC)CC. The van der Waals surface area contributed by atoms with Gasteiger partial charge in [0.05, 0.1) is 0 Å². The first-order valence-electron chi connectivity index (χ1n) is 6.35. The van der Waals surface area contributed by atoms with E-state index in [2.05, 4.69) is 42.7 Å². The van der Waals surface area contributed by atoms with E-state index < -0.39 is 0 Å². The number of thioether (sulfide) groups is 1. The van der Waals surface area contributed by atoms with Crippen molar-refractivity contribution in [3.63, 3.8) is 0 Å². The summed E-state index contributed by atoms with van der Waals surface area (Å²) in [5.41, 5.74) is 0. The van der Waals surface area contributed by atoms with Crippen molar-refractivity contribution < 1.29 is 0 Å². The summed E-state index contributed by atoms with van der Waals surface area (Å²) in [5.74, 6) is 2.59. The molecule has 0 radical (unpaired) electrons. The van der Waals surface area contributed by atoms with Crippen LogP contribution in [0.25, 0.3) is 0 Å². The van der Waals surface area contributed by atoms with E-state index in [9.17, 15) is 0 Å². The molecule has 0 saturated heterocycles. The molecule has 0 rings (SSSR count). The quantitative estimate of drug-likeness (QED) is 0.551. The fourth-order valence-corrected chi connectivity index (χ4v) is 2.38. The van der Waals surface area contributed by atoms with Crippen molar-refractivity contribution in [2.45, 2.75) is 33.6 Å². The Morgan fingerprint density at radius 2 is 1.73 bits per heavy atom. The Morgan fingerprint density at radius 1 is 1.00 bits per heavy atom. The van der Waals surface area contributed by atoms with Gasteiger partial charge in [-0.15, -0.1) is 0 Å². The van der Waals surface area contributed by atoms with Crippen LogP contribution < -0.4 is 5.32 Å². The van der Waals surface area contributed by atoms with Gasteiger partial charge in [-0.25, -0.2) is 0 Å². The molecule has 0 amide bonds. The number of unbranched alkanes of at least 4 members (excludes halogenated alkanes) is 1. The summed E-state index contributed by atoms with van der Waals surface area (Å²) < 4.78 is 0. The Hall–Kier alpha value is 0.270. The Labute approximate surface area is 100 Å². The third-order valence-electron chi connectivity index (χ3n) is 2.56. The third kappa shape index (κ3) is 10.6. The predicted molar refractivity (Wildman–Crippen MR) is 72.9 cm³/mol. The van der Waals surface area contributed by atoms with Gasteiger partial charge in [-0.2, -0.15) is 11.8 Å². The van der Waals surface area contributed by atoms with Gasteiger partial charge in [-0.3, -0.25) is 0 Å². The summed E-state index contributed by atoms with van der Waals surface area (Å²) in [7, 11) is 0. The van der Waals surface area contributed by atoms with Crippen LogP contribution in [0.3, 0.4) is 0 Å². The first-order valence-corrected chi connectivity index (χ1v) is 7.51. The maximum Gasteiger partial charge on any atom is 0.0107 e. The number of hydrogen-bond acceptors (Lipinski definition) is 3. The molecule has 15 heavy (non-hydrogen) atoms. The first kappa shape index (κ1) is 15.3. The lowest BCUT2D eigenvalue weighted by molar-refractivity contribution is 0.303. The molecular weight excluding hydrogens is 204 g/mol. The summed E-state index contributed by atoms with van der Waals surface area (Å²) in [6.45, 7) is 12.5. The maximum atomic E-state index is 3.50. The van der Waals surface area contributed by atoms with Gasteiger partial charge in [0.25, 0.3) is 0 Å². The lowest BCUT2D eigenvalue weighted by atomic mass is 10.4. The lowest BCUT2D eigenvalue weighted by Crippen LogP contribution is -2.32. The standard InChI is InChI=1S/C12H28N2S/c1-4-7-11-15-12-9-13-8-10-14(5-2)6-3/h13H,4-12H2,1-3H3. The van der Waals surface area contributed by atoms with E-state index in [4.69, 9.17) is 0 Å². The number of nitrogens with zero attached hydrogens (tertiary/aromatic N) is 1. The number of rotatable bonds is 11. The van der Waals surface area contributed by atoms with E-state index in [-0.39, 0.29) is 0 Å². The highest BCUT2D eigenvalue weighted by atomic mass is 32.2. The summed E-state index contributed by atoms with van der Waals surface area (Å²) in [6.07, 6.45) is 2.69. The van der Waals surface area contributed by atoms with E-state index in [1.54, 1.807) is 0 Å². The van der Waals surface area contributed by atoms with Gasteiger partial charge in [0.15, 0.2) is 0 Å². The van der Waals surface area contributed by atoms with Crippen LogP contribution in [-0.2, 0) is 0 Å². The van der Waals surface area contributed by atoms with E-state index in [0.717, 1.165) is 13.1 Å². The van der Waals surface area contributed by atoms with Gasteiger partial charge in [-0.1, -0.05) is 27.2 Å². The second kappa shape index (κ2) is 12.3. The highest BCUT2D eigenvalue weighted by molar-refractivity contribution is 7.99. The van der Waals surface area contributed by atoms with Crippen LogP contribution in [0.1, 0.15) is 33.6 Å². The molecule has 0 spiro atoms. The molecule has 1 N–H and O–H groups in total. The van der Waals surface area contributed by atoms with Gasteiger partial charge in [0.2, 0.25) is 0 Å². The Kier molecular flexibility index (Phi) is 12.6. The van der Waals surface area contributed by atoms with Gasteiger partial charge in [-0.05, 0) is 25.3 Å². The second-order valence-corrected chi connectivity index (χ2v) is 4.97. The predicted octanol–water partition coefficient (Wildman–Crippen LogP) is 2.45. The molecule has 2 nitrogen and oxygen atoms in total. The molecule has 0 aromatic heterocycles. The normalized spacial score (nSPS) is 11.2. The van der Waals surface area contributed by atoms with Crippen LogP contribution >= 0.6 is 11.8 Å². The fourth-order valence-electron chi connectivity index (χ4n) is 1.39. The highest BCUT2D eigenvalue weighted by Gasteiger charge is 1.96. The molecule has 0 saturated carbocycles. The third-order valence-corrected chi connectivity index (χ3v) is 3.63. The van der Waals surface area contributed by atoms with Crippen LogP contribution in [0.15, 0.2) is 0 Å². The summed E-state index contributed by atoms with van der Waals surface area (Å²) in [6, 6.07) is 0. The van der Waals surface area contributed by atoms with Crippen molar-refractivity contribution in [3.05, 3.63) is 0 Å². The zero-order valence-corrected chi connectivity index (χ0v) is 11.5. The monoisotopic (exact) mass is 232 g/mol. The van der Waals surface area contributed by atoms with Crippen LogP contribution in [0.5, 0.6) is 0 Å². The van der Waals surface area contributed by atoms with Crippen LogP contribution in [0, 0.1) is 0 Å². The van der Waals surface area contributed by atoms with Gasteiger partial charge >= 0.3 is 0 Å². The molecule has 0 unspecified atom stereocenters. The van der Waals surface area contributed by atoms with Crippen molar-refractivity contribution >= 4 is 11.8 Å². The minimum absolute atomic E-state index is 1.13. The molecule has 0 aromatic rings. The lowest BCUT2D eigenvalue weighted by Gasteiger charge is -2.17. The molecule has 0 atom stereocenters. The number of hydrogen-bond donors (Lipinski definition) is 1. The molecule has 0 aromatic carbocycles. The smallest absolute Gasteiger partial charge is 0.0107 e. The topological polar surface area (TPSA) is 15.3 Å². The average molecular weight is 232 g/mol. The molecule has 0 aliphatic heterocycles. The van der Waals surface area contributed by atoms with E-state index >= 15 is 0 Å². The van der Waals surface area contributed by atoms with Crippen LogP contribution in [0.2, 0.25) is 0 Å². The van der Waals surface area contributed by atoms with Crippen molar-refractivity contribution in [2.24, 2.45) is 0 Å². The van der Waals surface area contributed by atoms with Crippen LogP contribution in [0.4, 0.5) is 0 Å². The molecule has 0 aliphatic rings. The van der Waals surface area contributed by atoms with E-state index in [0.29, 0.717) is 0 Å². The largest absolute Gasteiger partial charge is 0.315 e. The molecule has 0 heterocycles. The van der Waals surface area contributed by atoms with Crippen molar-refractivity contribution in [1.29, 1.82) is 0 Å². The molecule has 0 aliphatic carbocycles. The van der Waals surface area contributed by atoms with Crippen LogP contribution in [-0.4, -0.2) is 49.1 Å². The number of nitrogens with one attached hydrogen (secondary N) is 1. The van der Waals surface area contributed by atoms with Crippen molar-refractivity contribution in [1.82, 2.24) is 10.2 Å². The summed E-state index contributed by atoms with van der Waals surface area (Å²) in [5, 5.41) is 3.50. The molecule has 0 bridgehead atoms. The average Bonchev–Trinajstić information content (AvgIpc) is 2.27. The van der Waals surface area contributed by atoms with Crippen molar-refractivity contribution in [3.8, 4) is 0 Å². The number of likely N-dealkylation sites (N-methyl/N-ethyl adjacent to an activating group) is 1. The Bertz CT molecular complexity index is 116. The van der Waals surface area contributed by atoms with E-state index in [1.807, 2.05) is 0 Å². The minimum atomic E-state index is 1.13. The minimum Gasteiger partial charge on any atom is -0.315 e. The molecular formula is C12H28N2S. The van der Waals surface area contributed by atoms with Gasteiger partial charge in [0.1, 0.15) is 0 Å². The summed E-state index contributed by atoms with van der Waals surface area (Å²) >= 11 is 2.07. The molecule has 0 fully saturated rings. The fraction of sp³-hybridized carbons (Fsp3) is 1.00. The molecule has 92 valence electrons. The zero-order valence-electron chi connectivity index (χ0n) is 10.7. The Morgan fingerprint density at radius 3 is 2.33 bits per heavy atom. The zero-order chi connectivity index (χ0) is 11.4. The summed E-state index contributed by atoms with van der Waals surface area (Å²) in [4.78, 5) is 2.46. The van der Waals surface area contributed by atoms with Crippen molar-refractivity contribution in [2.75, 3.05) is 44.2 Å². The molecule has 3 heteroatoms. The highest BCUT2D eigenvalue weighted by Crippen LogP contribution is 2.02. The van der Waals surface area contributed by atoms with Gasteiger partial charge < -0.3 is 10.2 Å². The Balaban J connectivity index is 3.04. The van der Waals surface area contributed by atoms with E-state index in [1.165, 1.54) is 44.0 Å².